The van der Waals surface area contributed by atoms with Gasteiger partial charge in [-0.1, -0.05) is 12.8 Å². The lowest BCUT2D eigenvalue weighted by Crippen LogP contribution is -2.37. The molecule has 2 heterocycles. The van der Waals surface area contributed by atoms with Crippen molar-refractivity contribution >= 4 is 0 Å². The van der Waals surface area contributed by atoms with Crippen LogP contribution in [0.5, 0.6) is 0 Å². The molecule has 0 spiro atoms. The predicted molar refractivity (Wildman–Crippen MR) is 72.0 cm³/mol. The molecule has 3 rings (SSSR count). The Labute approximate surface area is 114 Å². The monoisotopic (exact) mass is 265 g/mol. The van der Waals surface area contributed by atoms with Crippen LogP contribution in [0.4, 0.5) is 0 Å². The van der Waals surface area contributed by atoms with Crippen molar-refractivity contribution in [1.82, 2.24) is 15.1 Å². The van der Waals surface area contributed by atoms with Gasteiger partial charge in [0.15, 0.2) is 0 Å². The first-order valence-corrected chi connectivity index (χ1v) is 7.36. The van der Waals surface area contributed by atoms with Crippen LogP contribution in [-0.2, 0) is 16.0 Å². The van der Waals surface area contributed by atoms with Gasteiger partial charge in [-0.25, -0.2) is 0 Å². The van der Waals surface area contributed by atoms with Crippen LogP contribution in [0.2, 0.25) is 0 Å². The van der Waals surface area contributed by atoms with E-state index in [2.05, 4.69) is 27.4 Å². The molecule has 1 aromatic rings. The summed E-state index contributed by atoms with van der Waals surface area (Å²) in [6.07, 6.45) is 7.55. The number of nitrogens with zero attached hydrogens (tertiary/aromatic N) is 2. The van der Waals surface area contributed by atoms with Gasteiger partial charge >= 0.3 is 0 Å². The van der Waals surface area contributed by atoms with Crippen molar-refractivity contribution in [1.29, 1.82) is 0 Å². The number of rotatable bonds is 5. The molecule has 5 heteroatoms. The summed E-state index contributed by atoms with van der Waals surface area (Å²) in [5.41, 5.74) is 1.11. The lowest BCUT2D eigenvalue weighted by atomic mass is 10.3. The minimum absolute atomic E-state index is 0.186. The summed E-state index contributed by atoms with van der Waals surface area (Å²) in [4.78, 5) is 0. The molecule has 5 nitrogen and oxygen atoms in total. The molecule has 1 atom stereocenters. The molecule has 0 amide bonds. The van der Waals surface area contributed by atoms with Gasteiger partial charge in [0.1, 0.15) is 0 Å². The van der Waals surface area contributed by atoms with E-state index in [0.717, 1.165) is 25.4 Å². The van der Waals surface area contributed by atoms with E-state index in [4.69, 9.17) is 9.47 Å². The molecule has 0 aromatic carbocycles. The Balaban J connectivity index is 1.42. The second kappa shape index (κ2) is 6.50. The van der Waals surface area contributed by atoms with E-state index in [0.29, 0.717) is 19.3 Å². The van der Waals surface area contributed by atoms with Gasteiger partial charge in [0.2, 0.25) is 0 Å². The van der Waals surface area contributed by atoms with Gasteiger partial charge in [-0.15, -0.1) is 0 Å². The Hall–Kier alpha value is -0.910. The first-order chi connectivity index (χ1) is 9.42. The number of nitrogens with one attached hydrogen (secondary N) is 1. The quantitative estimate of drug-likeness (QED) is 0.876. The van der Waals surface area contributed by atoms with E-state index < -0.39 is 0 Å². The highest BCUT2D eigenvalue weighted by Gasteiger charge is 2.17. The van der Waals surface area contributed by atoms with Gasteiger partial charge in [0.25, 0.3) is 0 Å². The second-order valence-electron chi connectivity index (χ2n) is 5.42. The summed E-state index contributed by atoms with van der Waals surface area (Å²) >= 11 is 0. The molecular formula is C14H23N3O2. The van der Waals surface area contributed by atoms with Crippen LogP contribution < -0.4 is 5.32 Å². The lowest BCUT2D eigenvalue weighted by Gasteiger charge is -2.22. The van der Waals surface area contributed by atoms with Crippen LogP contribution in [0.25, 0.3) is 0 Å². The van der Waals surface area contributed by atoms with Gasteiger partial charge < -0.3 is 14.8 Å². The third kappa shape index (κ3) is 3.55. The maximum absolute atomic E-state index is 5.59. The first kappa shape index (κ1) is 13.1. The fourth-order valence-corrected chi connectivity index (χ4v) is 2.86. The molecule has 0 bridgehead atoms. The fourth-order valence-electron chi connectivity index (χ4n) is 2.86. The maximum Gasteiger partial charge on any atom is 0.0933 e. The maximum atomic E-state index is 5.59. The topological polar surface area (TPSA) is 48.3 Å². The van der Waals surface area contributed by atoms with Crippen molar-refractivity contribution in [2.75, 3.05) is 26.4 Å². The van der Waals surface area contributed by atoms with E-state index in [9.17, 15) is 0 Å². The standard InChI is InChI=1S/C14H23N3O2/c1-2-4-13(3-1)17-6-5-12(16-17)9-15-10-14-11-18-7-8-19-14/h5-6,13-15H,1-4,7-11H2. The fraction of sp³-hybridized carbons (Fsp3) is 0.786. The zero-order chi connectivity index (χ0) is 12.9. The molecule has 1 saturated carbocycles. The van der Waals surface area contributed by atoms with E-state index in [1.54, 1.807) is 0 Å². The Morgan fingerprint density at radius 3 is 3.00 bits per heavy atom. The summed E-state index contributed by atoms with van der Waals surface area (Å²) in [5, 5.41) is 8.05. The molecule has 106 valence electrons. The molecule has 0 radical (unpaired) electrons. The summed E-state index contributed by atoms with van der Waals surface area (Å²) in [6, 6.07) is 2.74. The zero-order valence-electron chi connectivity index (χ0n) is 11.4. The second-order valence-corrected chi connectivity index (χ2v) is 5.42. The van der Waals surface area contributed by atoms with Crippen molar-refractivity contribution < 1.29 is 9.47 Å². The third-order valence-corrected chi connectivity index (χ3v) is 3.93. The number of hydrogen-bond acceptors (Lipinski definition) is 4. The van der Waals surface area contributed by atoms with Crippen LogP contribution in [0.15, 0.2) is 12.3 Å². The molecule has 1 unspecified atom stereocenters. The lowest BCUT2D eigenvalue weighted by molar-refractivity contribution is -0.0864. The van der Waals surface area contributed by atoms with Crippen LogP contribution >= 0.6 is 0 Å². The normalized spacial score (nSPS) is 24.9. The van der Waals surface area contributed by atoms with Gasteiger partial charge in [0, 0.05) is 19.3 Å². The van der Waals surface area contributed by atoms with Crippen molar-refractivity contribution in [3.63, 3.8) is 0 Å². The molecular weight excluding hydrogens is 242 g/mol. The Morgan fingerprint density at radius 1 is 1.32 bits per heavy atom. The van der Waals surface area contributed by atoms with Gasteiger partial charge in [-0.2, -0.15) is 5.10 Å². The average Bonchev–Trinajstić information content (AvgIpc) is 3.10. The third-order valence-electron chi connectivity index (χ3n) is 3.93. The molecule has 19 heavy (non-hydrogen) atoms. The highest BCUT2D eigenvalue weighted by atomic mass is 16.6. The van der Waals surface area contributed by atoms with E-state index >= 15 is 0 Å². The van der Waals surface area contributed by atoms with E-state index in [1.165, 1.54) is 25.7 Å². The van der Waals surface area contributed by atoms with Crippen molar-refractivity contribution in [3.05, 3.63) is 18.0 Å². The van der Waals surface area contributed by atoms with Crippen molar-refractivity contribution in [2.24, 2.45) is 0 Å². The van der Waals surface area contributed by atoms with Gasteiger partial charge in [0.05, 0.1) is 37.7 Å². The van der Waals surface area contributed by atoms with E-state index in [1.807, 2.05) is 0 Å². The Bertz CT molecular complexity index is 382. The van der Waals surface area contributed by atoms with Crippen LogP contribution in [0, 0.1) is 0 Å². The largest absolute Gasteiger partial charge is 0.376 e. The average molecular weight is 265 g/mol. The van der Waals surface area contributed by atoms with E-state index in [-0.39, 0.29) is 6.10 Å². The minimum Gasteiger partial charge on any atom is -0.376 e. The number of hydrogen-bond donors (Lipinski definition) is 1. The molecule has 1 N–H and O–H groups in total. The molecule has 2 aliphatic rings. The summed E-state index contributed by atoms with van der Waals surface area (Å²) in [7, 11) is 0. The molecule has 1 saturated heterocycles. The van der Waals surface area contributed by atoms with Crippen molar-refractivity contribution in [3.8, 4) is 0 Å². The SMILES string of the molecule is c1cn(C2CCCC2)nc1CNCC1COCCO1. The smallest absolute Gasteiger partial charge is 0.0933 e. The summed E-state index contributed by atoms with van der Waals surface area (Å²) in [5.74, 6) is 0. The van der Waals surface area contributed by atoms with Crippen molar-refractivity contribution in [2.45, 2.75) is 44.4 Å². The van der Waals surface area contributed by atoms with Crippen LogP contribution in [0.1, 0.15) is 37.4 Å². The highest BCUT2D eigenvalue weighted by Crippen LogP contribution is 2.28. The Kier molecular flexibility index (Phi) is 4.48. The zero-order valence-corrected chi connectivity index (χ0v) is 11.4. The highest BCUT2D eigenvalue weighted by molar-refractivity contribution is 5.00. The van der Waals surface area contributed by atoms with Crippen LogP contribution in [0.3, 0.4) is 0 Å². The van der Waals surface area contributed by atoms with Gasteiger partial charge in [-0.05, 0) is 18.9 Å². The summed E-state index contributed by atoms with van der Waals surface area (Å²) < 4.78 is 13.1. The number of aromatic nitrogens is 2. The van der Waals surface area contributed by atoms with Crippen LogP contribution in [-0.4, -0.2) is 42.2 Å². The Morgan fingerprint density at radius 2 is 2.21 bits per heavy atom. The molecule has 1 aliphatic heterocycles. The number of ether oxygens (including phenoxy) is 2. The molecule has 1 aromatic heterocycles. The molecule has 1 aliphatic carbocycles. The first-order valence-electron chi connectivity index (χ1n) is 7.36. The minimum atomic E-state index is 0.186. The molecule has 2 fully saturated rings. The predicted octanol–water partition coefficient (Wildman–Crippen LogP) is 1.50. The van der Waals surface area contributed by atoms with Gasteiger partial charge in [-0.3, -0.25) is 4.68 Å². The summed E-state index contributed by atoms with van der Waals surface area (Å²) in [6.45, 7) is 3.77.